The van der Waals surface area contributed by atoms with E-state index >= 15 is 0 Å². The van der Waals surface area contributed by atoms with Crippen LogP contribution in [0.1, 0.15) is 11.1 Å². The molecule has 2 rings (SSSR count). The zero-order valence-corrected chi connectivity index (χ0v) is 10.1. The highest BCUT2D eigenvalue weighted by molar-refractivity contribution is 5.54. The van der Waals surface area contributed by atoms with E-state index in [9.17, 15) is 10.1 Å². The second kappa shape index (κ2) is 4.82. The summed E-state index contributed by atoms with van der Waals surface area (Å²) in [6.45, 7) is 2.42. The number of aryl methyl sites for hydroxylation is 2. The lowest BCUT2D eigenvalue weighted by atomic mass is 10.1. The highest BCUT2D eigenvalue weighted by Crippen LogP contribution is 2.22. The van der Waals surface area contributed by atoms with Crippen LogP contribution >= 0.6 is 0 Å². The Morgan fingerprint density at radius 1 is 1.56 bits per heavy atom. The summed E-state index contributed by atoms with van der Waals surface area (Å²) in [7, 11) is 1.65. The Morgan fingerprint density at radius 2 is 2.33 bits per heavy atom. The normalized spacial score (nSPS) is 10.3. The first-order valence-electron chi connectivity index (χ1n) is 5.39. The molecule has 2 heterocycles. The van der Waals surface area contributed by atoms with Crippen molar-refractivity contribution in [3.05, 3.63) is 45.9 Å². The van der Waals surface area contributed by atoms with Gasteiger partial charge in [0.15, 0.2) is 0 Å². The van der Waals surface area contributed by atoms with Crippen LogP contribution in [0.2, 0.25) is 0 Å². The maximum atomic E-state index is 10.8. The second-order valence-electron chi connectivity index (χ2n) is 3.95. The molecule has 0 atom stereocenters. The number of nitrogens with one attached hydrogen (secondary N) is 1. The molecule has 0 fully saturated rings. The fourth-order valence-corrected chi connectivity index (χ4v) is 1.60. The number of rotatable bonds is 4. The average molecular weight is 247 g/mol. The van der Waals surface area contributed by atoms with E-state index in [2.05, 4.69) is 15.4 Å². The van der Waals surface area contributed by atoms with Crippen molar-refractivity contribution in [3.8, 4) is 0 Å². The molecule has 2 aromatic heterocycles. The van der Waals surface area contributed by atoms with Gasteiger partial charge in [0.25, 0.3) is 0 Å². The molecular formula is C11H13N5O2. The molecule has 0 amide bonds. The maximum absolute atomic E-state index is 10.8. The third-order valence-corrected chi connectivity index (χ3v) is 2.60. The highest BCUT2D eigenvalue weighted by atomic mass is 16.6. The van der Waals surface area contributed by atoms with Crippen molar-refractivity contribution in [3.63, 3.8) is 0 Å². The van der Waals surface area contributed by atoms with E-state index in [1.807, 2.05) is 13.0 Å². The summed E-state index contributed by atoms with van der Waals surface area (Å²) in [5, 5.41) is 17.8. The number of aromatic nitrogens is 3. The van der Waals surface area contributed by atoms with Crippen LogP contribution in [0, 0.1) is 17.0 Å². The molecule has 0 aliphatic carbocycles. The summed E-state index contributed by atoms with van der Waals surface area (Å²) in [4.78, 5) is 14.4. The molecule has 0 unspecified atom stereocenters. The van der Waals surface area contributed by atoms with Crippen LogP contribution in [0.15, 0.2) is 24.7 Å². The minimum absolute atomic E-state index is 0.0287. The van der Waals surface area contributed by atoms with Crippen LogP contribution in [0.5, 0.6) is 0 Å². The summed E-state index contributed by atoms with van der Waals surface area (Å²) in [6, 6.07) is 1.89. The van der Waals surface area contributed by atoms with Gasteiger partial charge in [0.1, 0.15) is 6.20 Å². The SMILES string of the molecule is Cc1ccncc1CNc1nn(C)cc1[N+](=O)[O-]. The molecule has 1 N–H and O–H groups in total. The second-order valence-corrected chi connectivity index (χ2v) is 3.95. The van der Waals surface area contributed by atoms with Crippen LogP contribution in [-0.2, 0) is 13.6 Å². The van der Waals surface area contributed by atoms with Gasteiger partial charge in [-0.3, -0.25) is 19.8 Å². The molecule has 0 saturated heterocycles. The lowest BCUT2D eigenvalue weighted by Gasteiger charge is -2.05. The van der Waals surface area contributed by atoms with Crippen LogP contribution in [0.4, 0.5) is 11.5 Å². The first-order chi connectivity index (χ1) is 8.58. The molecule has 7 nitrogen and oxygen atoms in total. The molecular weight excluding hydrogens is 234 g/mol. The standard InChI is InChI=1S/C11H13N5O2/c1-8-3-4-12-5-9(8)6-13-11-10(16(17)18)7-15(2)14-11/h3-5,7H,6H2,1-2H3,(H,13,14). The molecule has 0 aromatic carbocycles. The Balaban J connectivity index is 2.16. The van der Waals surface area contributed by atoms with E-state index < -0.39 is 4.92 Å². The summed E-state index contributed by atoms with van der Waals surface area (Å²) < 4.78 is 1.41. The topological polar surface area (TPSA) is 85.9 Å². The number of hydrogen-bond acceptors (Lipinski definition) is 5. The van der Waals surface area contributed by atoms with Crippen LogP contribution in [-0.4, -0.2) is 19.7 Å². The predicted molar refractivity (Wildman–Crippen MR) is 66.2 cm³/mol. The number of anilines is 1. The van der Waals surface area contributed by atoms with Crippen molar-refractivity contribution in [2.75, 3.05) is 5.32 Å². The third-order valence-electron chi connectivity index (χ3n) is 2.60. The van der Waals surface area contributed by atoms with Gasteiger partial charge in [-0.25, -0.2) is 0 Å². The Labute approximate surface area is 104 Å². The van der Waals surface area contributed by atoms with E-state index in [-0.39, 0.29) is 11.5 Å². The zero-order chi connectivity index (χ0) is 13.1. The number of nitrogens with zero attached hydrogens (tertiary/aromatic N) is 4. The van der Waals surface area contributed by atoms with Crippen LogP contribution in [0.3, 0.4) is 0 Å². The molecule has 0 spiro atoms. The van der Waals surface area contributed by atoms with Gasteiger partial charge in [0, 0.05) is 26.0 Å². The van der Waals surface area contributed by atoms with Crippen molar-refractivity contribution in [2.45, 2.75) is 13.5 Å². The fourth-order valence-electron chi connectivity index (χ4n) is 1.60. The van der Waals surface area contributed by atoms with Gasteiger partial charge in [0.2, 0.25) is 5.82 Å². The van der Waals surface area contributed by atoms with Crippen molar-refractivity contribution in [1.29, 1.82) is 0 Å². The van der Waals surface area contributed by atoms with Crippen molar-refractivity contribution < 1.29 is 4.92 Å². The minimum Gasteiger partial charge on any atom is -0.359 e. The van der Waals surface area contributed by atoms with Crippen molar-refractivity contribution in [1.82, 2.24) is 14.8 Å². The monoisotopic (exact) mass is 247 g/mol. The largest absolute Gasteiger partial charge is 0.359 e. The van der Waals surface area contributed by atoms with Gasteiger partial charge in [-0.2, -0.15) is 0 Å². The molecule has 0 aliphatic rings. The van der Waals surface area contributed by atoms with E-state index in [1.165, 1.54) is 10.9 Å². The summed E-state index contributed by atoms with van der Waals surface area (Å²) in [5.74, 6) is 0.269. The van der Waals surface area contributed by atoms with Gasteiger partial charge >= 0.3 is 5.69 Å². The van der Waals surface area contributed by atoms with E-state index in [1.54, 1.807) is 19.4 Å². The van der Waals surface area contributed by atoms with E-state index in [0.29, 0.717) is 6.54 Å². The summed E-state index contributed by atoms with van der Waals surface area (Å²) in [6.07, 6.45) is 4.82. The first-order valence-corrected chi connectivity index (χ1v) is 5.39. The number of hydrogen-bond donors (Lipinski definition) is 1. The molecule has 0 bridgehead atoms. The fraction of sp³-hybridized carbons (Fsp3) is 0.273. The molecule has 7 heteroatoms. The molecule has 0 radical (unpaired) electrons. The van der Waals surface area contributed by atoms with Crippen LogP contribution in [0.25, 0.3) is 0 Å². The first kappa shape index (κ1) is 12.0. The summed E-state index contributed by atoms with van der Waals surface area (Å²) in [5.41, 5.74) is 2.03. The molecule has 0 saturated carbocycles. The van der Waals surface area contributed by atoms with E-state index in [0.717, 1.165) is 11.1 Å². The van der Waals surface area contributed by atoms with Gasteiger partial charge in [0.05, 0.1) is 4.92 Å². The lowest BCUT2D eigenvalue weighted by molar-refractivity contribution is -0.384. The Kier molecular flexibility index (Phi) is 3.22. The van der Waals surface area contributed by atoms with Gasteiger partial charge in [-0.1, -0.05) is 0 Å². The van der Waals surface area contributed by atoms with Gasteiger partial charge in [-0.05, 0) is 24.1 Å². The van der Waals surface area contributed by atoms with Gasteiger partial charge in [-0.15, -0.1) is 5.10 Å². The molecule has 94 valence electrons. The molecule has 2 aromatic rings. The van der Waals surface area contributed by atoms with Crippen molar-refractivity contribution >= 4 is 11.5 Å². The number of pyridine rings is 1. The maximum Gasteiger partial charge on any atom is 0.330 e. The van der Waals surface area contributed by atoms with Gasteiger partial charge < -0.3 is 5.32 Å². The third kappa shape index (κ3) is 2.45. The summed E-state index contributed by atoms with van der Waals surface area (Å²) >= 11 is 0. The minimum atomic E-state index is -0.453. The predicted octanol–water partition coefficient (Wildman–Crippen LogP) is 1.64. The van der Waals surface area contributed by atoms with E-state index in [4.69, 9.17) is 0 Å². The Hall–Kier alpha value is -2.44. The van der Waals surface area contributed by atoms with Crippen LogP contribution < -0.4 is 5.32 Å². The lowest BCUT2D eigenvalue weighted by Crippen LogP contribution is -2.04. The molecule has 18 heavy (non-hydrogen) atoms. The molecule has 0 aliphatic heterocycles. The Bertz CT molecular complexity index is 579. The zero-order valence-electron chi connectivity index (χ0n) is 10.1. The quantitative estimate of drug-likeness (QED) is 0.655. The number of nitro groups is 1. The smallest absolute Gasteiger partial charge is 0.330 e. The Morgan fingerprint density at radius 3 is 3.00 bits per heavy atom. The highest BCUT2D eigenvalue weighted by Gasteiger charge is 2.17. The van der Waals surface area contributed by atoms with Crippen molar-refractivity contribution in [2.24, 2.45) is 7.05 Å². The average Bonchev–Trinajstić information content (AvgIpc) is 2.70.